The molecule has 0 heterocycles. The summed E-state index contributed by atoms with van der Waals surface area (Å²) in [6.07, 6.45) is -4.49. The summed E-state index contributed by atoms with van der Waals surface area (Å²) < 4.78 is 64.9. The molecule has 4 nitrogen and oxygen atoms in total. The van der Waals surface area contributed by atoms with Crippen molar-refractivity contribution in [3.63, 3.8) is 0 Å². The molecular formula is C15H14F3NO3S. The molecule has 2 aromatic carbocycles. The molecule has 8 heteroatoms. The molecular weight excluding hydrogens is 331 g/mol. The van der Waals surface area contributed by atoms with Gasteiger partial charge in [-0.3, -0.25) is 0 Å². The zero-order valence-corrected chi connectivity index (χ0v) is 12.7. The van der Waals surface area contributed by atoms with E-state index in [0.717, 1.165) is 0 Å². The van der Waals surface area contributed by atoms with Gasteiger partial charge >= 0.3 is 6.18 Å². The molecule has 0 amide bonds. The molecule has 0 saturated heterocycles. The summed E-state index contributed by atoms with van der Waals surface area (Å²) in [4.78, 5) is -0.228. The summed E-state index contributed by atoms with van der Waals surface area (Å²) in [5.74, 6) is 0. The molecule has 0 unspecified atom stereocenters. The monoisotopic (exact) mass is 345 g/mol. The lowest BCUT2D eigenvalue weighted by Gasteiger charge is -2.14. The van der Waals surface area contributed by atoms with Crippen LogP contribution in [0.2, 0.25) is 0 Å². The quantitative estimate of drug-likeness (QED) is 0.905. The van der Waals surface area contributed by atoms with E-state index in [2.05, 4.69) is 4.74 Å². The third-order valence-electron chi connectivity index (χ3n) is 2.99. The SMILES string of the molecule is NS(=O)(=O)c1c(COCC(F)(F)F)cccc1-c1ccccc1. The molecule has 0 aliphatic carbocycles. The van der Waals surface area contributed by atoms with Gasteiger partial charge in [0.2, 0.25) is 10.0 Å². The first kappa shape index (κ1) is 17.5. The summed E-state index contributed by atoms with van der Waals surface area (Å²) in [6, 6.07) is 13.0. The average molecular weight is 345 g/mol. The average Bonchev–Trinajstić information content (AvgIpc) is 2.45. The third kappa shape index (κ3) is 4.78. The molecule has 0 radical (unpaired) electrons. The predicted molar refractivity (Wildman–Crippen MR) is 79.0 cm³/mol. The van der Waals surface area contributed by atoms with Crippen LogP contribution in [0.5, 0.6) is 0 Å². The van der Waals surface area contributed by atoms with E-state index in [-0.39, 0.29) is 10.5 Å². The van der Waals surface area contributed by atoms with Crippen molar-refractivity contribution in [2.75, 3.05) is 6.61 Å². The maximum Gasteiger partial charge on any atom is 0.411 e. The topological polar surface area (TPSA) is 69.4 Å². The fourth-order valence-electron chi connectivity index (χ4n) is 2.16. The van der Waals surface area contributed by atoms with E-state index in [4.69, 9.17) is 5.14 Å². The van der Waals surface area contributed by atoms with E-state index in [0.29, 0.717) is 11.1 Å². The normalized spacial score (nSPS) is 12.3. The molecule has 0 atom stereocenters. The van der Waals surface area contributed by atoms with Crippen LogP contribution in [0.4, 0.5) is 13.2 Å². The molecule has 23 heavy (non-hydrogen) atoms. The first-order valence-electron chi connectivity index (χ1n) is 6.53. The molecule has 0 fully saturated rings. The summed E-state index contributed by atoms with van der Waals surface area (Å²) in [5.41, 5.74) is 0.994. The molecule has 0 aliphatic heterocycles. The highest BCUT2D eigenvalue weighted by Crippen LogP contribution is 2.30. The highest BCUT2D eigenvalue weighted by molar-refractivity contribution is 7.89. The lowest BCUT2D eigenvalue weighted by molar-refractivity contribution is -0.176. The molecule has 124 valence electrons. The number of sulfonamides is 1. The van der Waals surface area contributed by atoms with Crippen LogP contribution in [0.25, 0.3) is 11.1 Å². The van der Waals surface area contributed by atoms with E-state index in [1.807, 2.05) is 0 Å². The van der Waals surface area contributed by atoms with Gasteiger partial charge in [-0.2, -0.15) is 13.2 Å². The first-order valence-corrected chi connectivity index (χ1v) is 8.08. The second-order valence-electron chi connectivity index (χ2n) is 4.81. The molecule has 2 rings (SSSR count). The Labute approximate surface area is 131 Å². The maximum absolute atomic E-state index is 12.2. The second kappa shape index (κ2) is 6.69. The molecule has 0 saturated carbocycles. The van der Waals surface area contributed by atoms with Crippen molar-refractivity contribution in [2.24, 2.45) is 5.14 Å². The molecule has 2 N–H and O–H groups in total. The fraction of sp³-hybridized carbons (Fsp3) is 0.200. The number of hydrogen-bond acceptors (Lipinski definition) is 3. The van der Waals surface area contributed by atoms with Gasteiger partial charge in [-0.15, -0.1) is 0 Å². The molecule has 0 aromatic heterocycles. The maximum atomic E-state index is 12.2. The van der Waals surface area contributed by atoms with Gasteiger partial charge in [-0.1, -0.05) is 48.5 Å². The standard InChI is InChI=1S/C15H14F3NO3S/c16-15(17,18)10-22-9-12-7-4-8-13(14(12)23(19,20)21)11-5-2-1-3-6-11/h1-8H,9-10H2,(H2,19,20,21). The zero-order chi connectivity index (χ0) is 17.1. The van der Waals surface area contributed by atoms with Gasteiger partial charge in [0.25, 0.3) is 0 Å². The van der Waals surface area contributed by atoms with Crippen LogP contribution in [0, 0.1) is 0 Å². The van der Waals surface area contributed by atoms with Gasteiger partial charge in [0, 0.05) is 5.56 Å². The van der Waals surface area contributed by atoms with Gasteiger partial charge in [-0.25, -0.2) is 13.6 Å². The van der Waals surface area contributed by atoms with Gasteiger partial charge in [0.1, 0.15) is 6.61 Å². The second-order valence-corrected chi connectivity index (χ2v) is 6.31. The largest absolute Gasteiger partial charge is 0.411 e. The van der Waals surface area contributed by atoms with Gasteiger partial charge in [0.05, 0.1) is 11.5 Å². The lowest BCUT2D eigenvalue weighted by atomic mass is 10.0. The summed E-state index contributed by atoms with van der Waals surface area (Å²) in [6.45, 7) is -1.97. The number of halogens is 3. The Morgan fingerprint density at radius 1 is 1.00 bits per heavy atom. The van der Waals surface area contributed by atoms with Crippen LogP contribution in [-0.4, -0.2) is 21.2 Å². The third-order valence-corrected chi connectivity index (χ3v) is 4.04. The van der Waals surface area contributed by atoms with Crippen LogP contribution in [0.1, 0.15) is 5.56 Å². The number of rotatable bonds is 5. The lowest BCUT2D eigenvalue weighted by Crippen LogP contribution is -2.19. The van der Waals surface area contributed by atoms with E-state index in [9.17, 15) is 21.6 Å². The minimum absolute atomic E-state index is 0.0816. The smallest absolute Gasteiger partial charge is 0.367 e. The Kier molecular flexibility index (Phi) is 5.08. The Balaban J connectivity index is 2.44. The summed E-state index contributed by atoms with van der Waals surface area (Å²) >= 11 is 0. The fourth-order valence-corrected chi connectivity index (χ4v) is 3.14. The number of benzene rings is 2. The van der Waals surface area contributed by atoms with Crippen molar-refractivity contribution < 1.29 is 26.3 Å². The van der Waals surface area contributed by atoms with Crippen LogP contribution in [-0.2, 0) is 21.4 Å². The Morgan fingerprint density at radius 2 is 1.65 bits per heavy atom. The van der Waals surface area contributed by atoms with Crippen LogP contribution < -0.4 is 5.14 Å². The van der Waals surface area contributed by atoms with Gasteiger partial charge < -0.3 is 4.74 Å². The number of alkyl halides is 3. The van der Waals surface area contributed by atoms with Crippen molar-refractivity contribution >= 4 is 10.0 Å². The van der Waals surface area contributed by atoms with Crippen molar-refractivity contribution in [2.45, 2.75) is 17.7 Å². The van der Waals surface area contributed by atoms with Crippen molar-refractivity contribution in [3.8, 4) is 11.1 Å². The van der Waals surface area contributed by atoms with Gasteiger partial charge in [-0.05, 0) is 11.1 Å². The zero-order valence-electron chi connectivity index (χ0n) is 11.9. The minimum Gasteiger partial charge on any atom is -0.367 e. The minimum atomic E-state index is -4.49. The number of nitrogens with two attached hydrogens (primary N) is 1. The first-order chi connectivity index (χ1) is 10.7. The summed E-state index contributed by atoms with van der Waals surface area (Å²) in [5, 5.41) is 5.25. The van der Waals surface area contributed by atoms with Crippen molar-refractivity contribution in [1.29, 1.82) is 0 Å². The Hall–Kier alpha value is -1.90. The predicted octanol–water partition coefficient (Wildman–Crippen LogP) is 3.08. The van der Waals surface area contributed by atoms with E-state index in [1.54, 1.807) is 42.5 Å². The highest BCUT2D eigenvalue weighted by Gasteiger charge is 2.28. The van der Waals surface area contributed by atoms with Crippen LogP contribution >= 0.6 is 0 Å². The van der Waals surface area contributed by atoms with Crippen molar-refractivity contribution in [1.82, 2.24) is 0 Å². The molecule has 0 spiro atoms. The van der Waals surface area contributed by atoms with E-state index < -0.39 is 29.4 Å². The van der Waals surface area contributed by atoms with E-state index in [1.165, 1.54) is 6.07 Å². The van der Waals surface area contributed by atoms with Crippen LogP contribution in [0.15, 0.2) is 53.4 Å². The molecule has 0 aliphatic rings. The van der Waals surface area contributed by atoms with Crippen molar-refractivity contribution in [3.05, 3.63) is 54.1 Å². The molecule has 2 aromatic rings. The Bertz CT molecular complexity index is 774. The van der Waals surface area contributed by atoms with E-state index >= 15 is 0 Å². The Morgan fingerprint density at radius 3 is 2.22 bits per heavy atom. The van der Waals surface area contributed by atoms with Crippen LogP contribution in [0.3, 0.4) is 0 Å². The van der Waals surface area contributed by atoms with Gasteiger partial charge in [0.15, 0.2) is 0 Å². The molecule has 0 bridgehead atoms. The number of primary sulfonamides is 1. The summed E-state index contributed by atoms with van der Waals surface area (Å²) in [7, 11) is -4.14. The number of hydrogen-bond donors (Lipinski definition) is 1. The number of ether oxygens (including phenoxy) is 1. The highest BCUT2D eigenvalue weighted by atomic mass is 32.2.